The van der Waals surface area contributed by atoms with Crippen molar-refractivity contribution in [3.05, 3.63) is 0 Å². The number of carbonyl (C=O) groups is 1. The molecule has 2 rings (SSSR count). The van der Waals surface area contributed by atoms with Crippen LogP contribution < -0.4 is 5.32 Å². The monoisotopic (exact) mass is 345 g/mol. The van der Waals surface area contributed by atoms with Gasteiger partial charge in [0, 0.05) is 45.7 Å². The number of piperidine rings is 1. The summed E-state index contributed by atoms with van der Waals surface area (Å²) in [5, 5.41) is 12.9. The average Bonchev–Trinajstić information content (AvgIpc) is 2.45. The molecule has 0 bridgehead atoms. The number of likely N-dealkylation sites (tertiary alicyclic amines) is 1. The molecule has 1 amide bonds. The van der Waals surface area contributed by atoms with Crippen LogP contribution >= 0.6 is 12.4 Å². The fourth-order valence-corrected chi connectivity index (χ4v) is 2.87. The van der Waals surface area contributed by atoms with Crippen LogP contribution in [0.15, 0.2) is 0 Å². The molecule has 2 aliphatic rings. The number of halogens is 4. The number of nitrogens with zero attached hydrogens (tertiary/aromatic N) is 2. The van der Waals surface area contributed by atoms with E-state index in [9.17, 15) is 23.1 Å². The summed E-state index contributed by atoms with van der Waals surface area (Å²) < 4.78 is 38.5. The van der Waals surface area contributed by atoms with Crippen LogP contribution in [0.25, 0.3) is 0 Å². The molecule has 2 heterocycles. The molecule has 2 saturated heterocycles. The Balaban J connectivity index is 0.00000242. The number of hydrogen-bond donors (Lipinski definition) is 2. The van der Waals surface area contributed by atoms with E-state index in [-0.39, 0.29) is 44.1 Å². The van der Waals surface area contributed by atoms with Crippen LogP contribution in [-0.2, 0) is 4.79 Å². The Morgan fingerprint density at radius 2 is 1.86 bits per heavy atom. The number of nitrogens with one attached hydrogen (secondary N) is 1. The van der Waals surface area contributed by atoms with Crippen molar-refractivity contribution in [2.75, 3.05) is 45.8 Å². The molecule has 22 heavy (non-hydrogen) atoms. The van der Waals surface area contributed by atoms with Crippen molar-refractivity contribution in [1.82, 2.24) is 15.1 Å². The van der Waals surface area contributed by atoms with Gasteiger partial charge in [0.15, 0.2) is 5.60 Å². The molecule has 5 nitrogen and oxygen atoms in total. The third-order valence-electron chi connectivity index (χ3n) is 4.19. The van der Waals surface area contributed by atoms with Crippen molar-refractivity contribution in [2.45, 2.75) is 31.0 Å². The molecule has 0 aromatic rings. The van der Waals surface area contributed by atoms with Crippen LogP contribution in [0.5, 0.6) is 0 Å². The maximum atomic E-state index is 12.8. The third kappa shape index (κ3) is 4.71. The minimum absolute atomic E-state index is 0. The average molecular weight is 346 g/mol. The zero-order valence-corrected chi connectivity index (χ0v) is 13.2. The van der Waals surface area contributed by atoms with E-state index >= 15 is 0 Å². The molecule has 1 unspecified atom stereocenters. The van der Waals surface area contributed by atoms with Gasteiger partial charge in [-0.15, -0.1) is 12.4 Å². The standard InChI is InChI=1S/C13H22F3N3O2.ClH/c14-13(15,16)12(21)3-1-6-18(10-12)7-2-11(20)19-8-4-17-5-9-19;/h17,21H,1-10H2;1H. The van der Waals surface area contributed by atoms with Gasteiger partial charge in [-0.1, -0.05) is 0 Å². The second kappa shape index (κ2) is 7.81. The Bertz CT molecular complexity index is 378. The van der Waals surface area contributed by atoms with Gasteiger partial charge in [0.1, 0.15) is 0 Å². The van der Waals surface area contributed by atoms with Crippen LogP contribution in [0.4, 0.5) is 13.2 Å². The molecule has 130 valence electrons. The fraction of sp³-hybridized carbons (Fsp3) is 0.923. The molecule has 2 aliphatic heterocycles. The van der Waals surface area contributed by atoms with E-state index in [0.717, 1.165) is 13.1 Å². The number of alkyl halides is 3. The summed E-state index contributed by atoms with van der Waals surface area (Å²) in [6, 6.07) is 0. The molecule has 2 fully saturated rings. The molecular formula is C13H23ClF3N3O2. The number of amides is 1. The molecular weight excluding hydrogens is 323 g/mol. The Hall–Kier alpha value is -0.570. The molecule has 0 spiro atoms. The lowest BCUT2D eigenvalue weighted by atomic mass is 9.92. The Labute approximate surface area is 134 Å². The summed E-state index contributed by atoms with van der Waals surface area (Å²) in [6.07, 6.45) is -4.39. The maximum absolute atomic E-state index is 12.8. The first-order valence-corrected chi connectivity index (χ1v) is 7.32. The van der Waals surface area contributed by atoms with Gasteiger partial charge < -0.3 is 15.3 Å². The number of β-amino-alcohol motifs (C(OH)–C–C–N with tert-alkyl or cyclic N) is 1. The van der Waals surface area contributed by atoms with E-state index in [1.54, 1.807) is 4.90 Å². The van der Waals surface area contributed by atoms with E-state index in [2.05, 4.69) is 5.32 Å². The zero-order chi connectivity index (χ0) is 15.5. The molecule has 0 aromatic heterocycles. The quantitative estimate of drug-likeness (QED) is 0.787. The minimum Gasteiger partial charge on any atom is -0.379 e. The number of hydrogen-bond acceptors (Lipinski definition) is 4. The van der Waals surface area contributed by atoms with Crippen molar-refractivity contribution in [3.63, 3.8) is 0 Å². The maximum Gasteiger partial charge on any atom is 0.418 e. The first kappa shape index (κ1) is 19.5. The Morgan fingerprint density at radius 3 is 2.45 bits per heavy atom. The van der Waals surface area contributed by atoms with E-state index in [4.69, 9.17) is 0 Å². The Kier molecular flexibility index (Phi) is 6.91. The highest BCUT2D eigenvalue weighted by atomic mass is 35.5. The minimum atomic E-state index is -4.62. The number of carbonyl (C=O) groups excluding carboxylic acids is 1. The van der Waals surface area contributed by atoms with E-state index < -0.39 is 18.3 Å². The molecule has 0 aliphatic carbocycles. The number of piperazine rings is 1. The van der Waals surface area contributed by atoms with Gasteiger partial charge in [0.2, 0.25) is 5.91 Å². The summed E-state index contributed by atoms with van der Waals surface area (Å²) in [5.41, 5.74) is -2.64. The van der Waals surface area contributed by atoms with Gasteiger partial charge in [-0.2, -0.15) is 13.2 Å². The van der Waals surface area contributed by atoms with Gasteiger partial charge in [0.25, 0.3) is 0 Å². The van der Waals surface area contributed by atoms with Crippen LogP contribution in [0.3, 0.4) is 0 Å². The van der Waals surface area contributed by atoms with Gasteiger partial charge in [-0.3, -0.25) is 9.69 Å². The number of rotatable bonds is 3. The molecule has 1 atom stereocenters. The van der Waals surface area contributed by atoms with Gasteiger partial charge >= 0.3 is 6.18 Å². The highest BCUT2D eigenvalue weighted by Crippen LogP contribution is 2.37. The van der Waals surface area contributed by atoms with Crippen molar-refractivity contribution in [2.24, 2.45) is 0 Å². The van der Waals surface area contributed by atoms with Gasteiger partial charge in [0.05, 0.1) is 0 Å². The predicted octanol–water partition coefficient (Wildman–Crippen LogP) is 0.619. The van der Waals surface area contributed by atoms with Crippen molar-refractivity contribution in [1.29, 1.82) is 0 Å². The zero-order valence-electron chi connectivity index (χ0n) is 12.4. The second-order valence-electron chi connectivity index (χ2n) is 5.79. The van der Waals surface area contributed by atoms with Crippen molar-refractivity contribution in [3.8, 4) is 0 Å². The van der Waals surface area contributed by atoms with Crippen LogP contribution in [-0.4, -0.2) is 78.4 Å². The van der Waals surface area contributed by atoms with E-state index in [1.165, 1.54) is 4.90 Å². The molecule has 0 radical (unpaired) electrons. The lowest BCUT2D eigenvalue weighted by molar-refractivity contribution is -0.273. The van der Waals surface area contributed by atoms with Gasteiger partial charge in [-0.05, 0) is 19.4 Å². The second-order valence-corrected chi connectivity index (χ2v) is 5.79. The molecule has 0 saturated carbocycles. The van der Waals surface area contributed by atoms with Gasteiger partial charge in [-0.25, -0.2) is 0 Å². The largest absolute Gasteiger partial charge is 0.418 e. The summed E-state index contributed by atoms with van der Waals surface area (Å²) in [5.74, 6) is -0.0300. The first-order valence-electron chi connectivity index (χ1n) is 7.32. The highest BCUT2D eigenvalue weighted by molar-refractivity contribution is 5.85. The Morgan fingerprint density at radius 1 is 1.23 bits per heavy atom. The molecule has 9 heteroatoms. The fourth-order valence-electron chi connectivity index (χ4n) is 2.87. The normalized spacial score (nSPS) is 27.4. The lowest BCUT2D eigenvalue weighted by Crippen LogP contribution is -2.57. The van der Waals surface area contributed by atoms with Crippen LogP contribution in [0.2, 0.25) is 0 Å². The van der Waals surface area contributed by atoms with E-state index in [1.807, 2.05) is 0 Å². The van der Waals surface area contributed by atoms with E-state index in [0.29, 0.717) is 19.6 Å². The van der Waals surface area contributed by atoms with Crippen LogP contribution in [0, 0.1) is 0 Å². The summed E-state index contributed by atoms with van der Waals surface area (Å²) in [7, 11) is 0. The summed E-state index contributed by atoms with van der Waals surface area (Å²) in [4.78, 5) is 15.3. The first-order chi connectivity index (χ1) is 9.82. The topological polar surface area (TPSA) is 55.8 Å². The number of aliphatic hydroxyl groups is 1. The molecule has 0 aromatic carbocycles. The lowest BCUT2D eigenvalue weighted by Gasteiger charge is -2.40. The van der Waals surface area contributed by atoms with Crippen molar-refractivity contribution < 1.29 is 23.1 Å². The highest BCUT2D eigenvalue weighted by Gasteiger charge is 2.55. The summed E-state index contributed by atoms with van der Waals surface area (Å²) >= 11 is 0. The smallest absolute Gasteiger partial charge is 0.379 e. The summed E-state index contributed by atoms with van der Waals surface area (Å²) in [6.45, 7) is 3.11. The van der Waals surface area contributed by atoms with Crippen LogP contribution in [0.1, 0.15) is 19.3 Å². The SMILES string of the molecule is Cl.O=C(CCN1CCCC(O)(C(F)(F)F)C1)N1CCNCC1. The predicted molar refractivity (Wildman–Crippen MR) is 78.0 cm³/mol. The van der Waals surface area contributed by atoms with Crippen molar-refractivity contribution >= 4 is 18.3 Å². The third-order valence-corrected chi connectivity index (χ3v) is 4.19. The molecule has 2 N–H and O–H groups in total.